The third-order valence-corrected chi connectivity index (χ3v) is 4.39. The van der Waals surface area contributed by atoms with E-state index in [-0.39, 0.29) is 0 Å². The summed E-state index contributed by atoms with van der Waals surface area (Å²) in [7, 11) is 0. The fourth-order valence-corrected chi connectivity index (χ4v) is 3.07. The van der Waals surface area contributed by atoms with E-state index in [9.17, 15) is 0 Å². The lowest BCUT2D eigenvalue weighted by atomic mass is 9.91. The minimum absolute atomic E-state index is 0.295. The number of hydrogen-bond donors (Lipinski definition) is 1. The Morgan fingerprint density at radius 1 is 1.24 bits per heavy atom. The zero-order chi connectivity index (χ0) is 14.2. The van der Waals surface area contributed by atoms with Crippen LogP contribution in [0.15, 0.2) is 24.4 Å². The highest BCUT2D eigenvalue weighted by atomic mass is 16.7. The molecule has 21 heavy (non-hydrogen) atoms. The van der Waals surface area contributed by atoms with Crippen molar-refractivity contribution in [3.8, 4) is 11.5 Å². The predicted octanol–water partition coefficient (Wildman–Crippen LogP) is 2.28. The molecular formula is C16H19N3O2. The van der Waals surface area contributed by atoms with E-state index in [1.165, 1.54) is 19.3 Å². The molecule has 1 aromatic heterocycles. The van der Waals surface area contributed by atoms with Crippen LogP contribution in [0.5, 0.6) is 11.5 Å². The van der Waals surface area contributed by atoms with Crippen LogP contribution in [0.3, 0.4) is 0 Å². The van der Waals surface area contributed by atoms with Gasteiger partial charge in [-0.15, -0.1) is 0 Å². The van der Waals surface area contributed by atoms with Gasteiger partial charge in [-0.05, 0) is 42.8 Å². The van der Waals surface area contributed by atoms with Crippen LogP contribution in [-0.2, 0) is 0 Å². The molecule has 1 aliphatic heterocycles. The second kappa shape index (κ2) is 5.07. The number of rotatable bonds is 4. The molecule has 2 N–H and O–H groups in total. The van der Waals surface area contributed by atoms with Crippen molar-refractivity contribution in [3.05, 3.63) is 24.4 Å². The highest BCUT2D eigenvalue weighted by Crippen LogP contribution is 2.40. The molecule has 0 spiro atoms. The van der Waals surface area contributed by atoms with E-state index >= 15 is 0 Å². The van der Waals surface area contributed by atoms with Crippen LogP contribution in [0.25, 0.3) is 10.8 Å². The van der Waals surface area contributed by atoms with Crippen LogP contribution in [0.1, 0.15) is 19.3 Å². The maximum atomic E-state index is 5.80. The van der Waals surface area contributed by atoms with Crippen molar-refractivity contribution < 1.29 is 9.47 Å². The summed E-state index contributed by atoms with van der Waals surface area (Å²) in [6, 6.07) is 6.66. The fourth-order valence-electron chi connectivity index (χ4n) is 3.07. The second-order valence-electron chi connectivity index (χ2n) is 5.63. The van der Waals surface area contributed by atoms with Crippen molar-refractivity contribution >= 4 is 16.6 Å². The first kappa shape index (κ1) is 12.7. The third-order valence-electron chi connectivity index (χ3n) is 4.39. The van der Waals surface area contributed by atoms with Crippen LogP contribution in [0.4, 0.5) is 5.82 Å². The molecular weight excluding hydrogens is 266 g/mol. The van der Waals surface area contributed by atoms with Crippen molar-refractivity contribution in [2.75, 3.05) is 24.8 Å². The van der Waals surface area contributed by atoms with E-state index in [2.05, 4.69) is 9.88 Å². The van der Waals surface area contributed by atoms with Gasteiger partial charge in [-0.2, -0.15) is 0 Å². The highest BCUT2D eigenvalue weighted by Gasteiger charge is 2.27. The summed E-state index contributed by atoms with van der Waals surface area (Å²) in [6.45, 7) is 1.77. The van der Waals surface area contributed by atoms with Gasteiger partial charge in [0.05, 0.1) is 0 Å². The van der Waals surface area contributed by atoms with Crippen LogP contribution >= 0.6 is 0 Å². The maximum Gasteiger partial charge on any atom is 0.231 e. The summed E-state index contributed by atoms with van der Waals surface area (Å²) in [6.07, 6.45) is 5.61. The topological polar surface area (TPSA) is 60.6 Å². The molecule has 0 bridgehead atoms. The smallest absolute Gasteiger partial charge is 0.231 e. The van der Waals surface area contributed by atoms with E-state index in [1.807, 2.05) is 24.4 Å². The molecule has 2 heterocycles. The van der Waals surface area contributed by atoms with E-state index in [1.54, 1.807) is 0 Å². The van der Waals surface area contributed by atoms with Crippen molar-refractivity contribution in [1.29, 1.82) is 0 Å². The number of fused-ring (bicyclic) bond motifs is 2. The Morgan fingerprint density at radius 3 is 2.76 bits per heavy atom. The average molecular weight is 285 g/mol. The lowest BCUT2D eigenvalue weighted by Crippen LogP contribution is -2.43. The van der Waals surface area contributed by atoms with Crippen LogP contribution < -0.4 is 20.1 Å². The first-order valence-corrected chi connectivity index (χ1v) is 7.52. The average Bonchev–Trinajstić information content (AvgIpc) is 2.89. The number of nitrogens with two attached hydrogens (primary N) is 1. The molecule has 4 rings (SSSR count). The van der Waals surface area contributed by atoms with Gasteiger partial charge in [-0.1, -0.05) is 0 Å². The Morgan fingerprint density at radius 2 is 2.05 bits per heavy atom. The largest absolute Gasteiger partial charge is 0.454 e. The van der Waals surface area contributed by atoms with Gasteiger partial charge in [0.2, 0.25) is 6.79 Å². The molecule has 1 aliphatic carbocycles. The van der Waals surface area contributed by atoms with Crippen molar-refractivity contribution in [2.45, 2.75) is 25.3 Å². The Labute approximate surface area is 123 Å². The van der Waals surface area contributed by atoms with Gasteiger partial charge in [0.1, 0.15) is 5.82 Å². The first-order valence-electron chi connectivity index (χ1n) is 7.52. The van der Waals surface area contributed by atoms with Crippen molar-refractivity contribution in [1.82, 2.24) is 4.98 Å². The minimum Gasteiger partial charge on any atom is -0.454 e. The molecule has 2 aromatic rings. The van der Waals surface area contributed by atoms with Crippen molar-refractivity contribution in [3.63, 3.8) is 0 Å². The summed E-state index contributed by atoms with van der Waals surface area (Å²) in [5, 5.41) is 2.24. The molecule has 1 fully saturated rings. The third kappa shape index (κ3) is 2.08. The number of pyridine rings is 1. The van der Waals surface area contributed by atoms with Gasteiger partial charge in [-0.3, -0.25) is 0 Å². The summed E-state index contributed by atoms with van der Waals surface area (Å²) in [5.41, 5.74) is 5.80. The molecule has 2 aliphatic rings. The zero-order valence-corrected chi connectivity index (χ0v) is 11.9. The highest BCUT2D eigenvalue weighted by molar-refractivity contribution is 5.95. The molecule has 0 atom stereocenters. The molecule has 0 radical (unpaired) electrons. The maximum absolute atomic E-state index is 5.80. The van der Waals surface area contributed by atoms with Crippen molar-refractivity contribution in [2.24, 2.45) is 5.73 Å². The Bertz CT molecular complexity index is 670. The minimum atomic E-state index is 0.295. The molecule has 0 unspecified atom stereocenters. The SMILES string of the molecule is NCCN(c1nccc2cc3c(cc12)OCO3)C1CCC1. The van der Waals surface area contributed by atoms with Gasteiger partial charge in [0, 0.05) is 30.7 Å². The molecule has 5 nitrogen and oxygen atoms in total. The lowest BCUT2D eigenvalue weighted by molar-refractivity contribution is 0.174. The second-order valence-corrected chi connectivity index (χ2v) is 5.63. The number of hydrogen-bond acceptors (Lipinski definition) is 5. The normalized spacial score (nSPS) is 17.0. The van der Waals surface area contributed by atoms with E-state index in [0.717, 1.165) is 34.6 Å². The van der Waals surface area contributed by atoms with Crippen LogP contribution in [0, 0.1) is 0 Å². The summed E-state index contributed by atoms with van der Waals surface area (Å²) in [5.74, 6) is 2.63. The number of nitrogens with zero attached hydrogens (tertiary/aromatic N) is 2. The Hall–Kier alpha value is -2.01. The predicted molar refractivity (Wildman–Crippen MR) is 81.9 cm³/mol. The van der Waals surface area contributed by atoms with Gasteiger partial charge in [-0.25, -0.2) is 4.98 Å². The molecule has 0 amide bonds. The zero-order valence-electron chi connectivity index (χ0n) is 11.9. The monoisotopic (exact) mass is 285 g/mol. The number of anilines is 1. The van der Waals surface area contributed by atoms with E-state index < -0.39 is 0 Å². The quantitative estimate of drug-likeness (QED) is 0.934. The number of ether oxygens (including phenoxy) is 2. The van der Waals surface area contributed by atoms with Gasteiger partial charge in [0.25, 0.3) is 0 Å². The summed E-state index contributed by atoms with van der Waals surface area (Å²) in [4.78, 5) is 6.98. The number of aromatic nitrogens is 1. The van der Waals surface area contributed by atoms with Gasteiger partial charge >= 0.3 is 0 Å². The molecule has 110 valence electrons. The summed E-state index contributed by atoms with van der Waals surface area (Å²) >= 11 is 0. The first-order chi connectivity index (χ1) is 10.4. The lowest BCUT2D eigenvalue weighted by Gasteiger charge is -2.38. The Kier molecular flexibility index (Phi) is 3.07. The molecule has 1 saturated carbocycles. The fraction of sp³-hybridized carbons (Fsp3) is 0.438. The van der Waals surface area contributed by atoms with E-state index in [4.69, 9.17) is 15.2 Å². The van der Waals surface area contributed by atoms with Gasteiger partial charge < -0.3 is 20.1 Å². The molecule has 1 aromatic carbocycles. The van der Waals surface area contributed by atoms with Crippen LogP contribution in [0.2, 0.25) is 0 Å². The van der Waals surface area contributed by atoms with E-state index in [0.29, 0.717) is 19.4 Å². The van der Waals surface area contributed by atoms with Gasteiger partial charge in [0.15, 0.2) is 11.5 Å². The van der Waals surface area contributed by atoms with Crippen LogP contribution in [-0.4, -0.2) is 30.9 Å². The number of benzene rings is 1. The molecule has 0 saturated heterocycles. The Balaban J connectivity index is 1.83. The molecule has 5 heteroatoms. The summed E-state index contributed by atoms with van der Waals surface area (Å²) < 4.78 is 11.0. The standard InChI is InChI=1S/C16H19N3O2/c17-5-7-19(12-2-1-3-12)16-13-9-15-14(20-10-21-15)8-11(13)4-6-18-16/h4,6,8-9,12H,1-3,5,7,10,17H2.